The Kier molecular flexibility index (Phi) is 6.27. The minimum absolute atomic E-state index is 0.212. The molecule has 1 rings (SSSR count). The molecule has 1 aliphatic carbocycles. The molecule has 5 heteroatoms. The van der Waals surface area contributed by atoms with Gasteiger partial charge in [0.05, 0.1) is 5.75 Å². The topological polar surface area (TPSA) is 72.2 Å². The van der Waals surface area contributed by atoms with Crippen LogP contribution in [0.4, 0.5) is 0 Å². The van der Waals surface area contributed by atoms with Gasteiger partial charge in [-0.15, -0.1) is 0 Å². The second-order valence-corrected chi connectivity index (χ2v) is 8.28. The normalized spacial score (nSPS) is 28.8. The summed E-state index contributed by atoms with van der Waals surface area (Å²) in [7, 11) is -3.20. The van der Waals surface area contributed by atoms with Gasteiger partial charge < -0.3 is 5.73 Å². The maximum atomic E-state index is 12.2. The standard InChI is InChI=1S/C14H30N2O2S/c1-4-13-5-8-14(11-15,9-6-13)16-19(17,18)10-7-12(2)3/h12-13,16H,4-11,15H2,1-3H3. The predicted molar refractivity (Wildman–Crippen MR) is 80.4 cm³/mol. The van der Waals surface area contributed by atoms with E-state index in [1.165, 1.54) is 6.42 Å². The quantitative estimate of drug-likeness (QED) is 0.755. The van der Waals surface area contributed by atoms with Crippen LogP contribution < -0.4 is 10.5 Å². The van der Waals surface area contributed by atoms with Crippen LogP contribution in [-0.4, -0.2) is 26.3 Å². The summed E-state index contributed by atoms with van der Waals surface area (Å²) in [4.78, 5) is 0. The van der Waals surface area contributed by atoms with Crippen molar-refractivity contribution in [3.63, 3.8) is 0 Å². The van der Waals surface area contributed by atoms with Crippen LogP contribution in [0.5, 0.6) is 0 Å². The van der Waals surface area contributed by atoms with Crippen molar-refractivity contribution in [2.75, 3.05) is 12.3 Å². The van der Waals surface area contributed by atoms with E-state index in [0.717, 1.165) is 31.6 Å². The molecule has 0 saturated heterocycles. The van der Waals surface area contributed by atoms with Gasteiger partial charge >= 0.3 is 0 Å². The molecule has 0 aromatic heterocycles. The number of sulfonamides is 1. The van der Waals surface area contributed by atoms with Crippen molar-refractivity contribution in [1.29, 1.82) is 0 Å². The average molecular weight is 290 g/mol. The van der Waals surface area contributed by atoms with Crippen LogP contribution >= 0.6 is 0 Å². The zero-order valence-electron chi connectivity index (χ0n) is 12.6. The van der Waals surface area contributed by atoms with Crippen LogP contribution in [-0.2, 0) is 10.0 Å². The molecule has 4 nitrogen and oxygen atoms in total. The van der Waals surface area contributed by atoms with Crippen LogP contribution in [0.15, 0.2) is 0 Å². The first-order valence-electron chi connectivity index (χ1n) is 7.54. The fourth-order valence-electron chi connectivity index (χ4n) is 2.76. The lowest BCUT2D eigenvalue weighted by Crippen LogP contribution is -2.55. The van der Waals surface area contributed by atoms with Crippen molar-refractivity contribution in [1.82, 2.24) is 4.72 Å². The van der Waals surface area contributed by atoms with E-state index >= 15 is 0 Å². The molecule has 0 radical (unpaired) electrons. The first-order chi connectivity index (χ1) is 8.82. The van der Waals surface area contributed by atoms with Crippen LogP contribution in [0.1, 0.15) is 59.3 Å². The first-order valence-corrected chi connectivity index (χ1v) is 9.19. The lowest BCUT2D eigenvalue weighted by atomic mass is 9.76. The van der Waals surface area contributed by atoms with Crippen LogP contribution in [0.2, 0.25) is 0 Å². The Bertz CT molecular complexity index is 358. The summed E-state index contributed by atoms with van der Waals surface area (Å²) in [6.45, 7) is 6.69. The van der Waals surface area contributed by atoms with Gasteiger partial charge in [-0.2, -0.15) is 0 Å². The Morgan fingerprint density at radius 2 is 1.89 bits per heavy atom. The lowest BCUT2D eigenvalue weighted by molar-refractivity contribution is 0.217. The molecule has 114 valence electrons. The van der Waals surface area contributed by atoms with Crippen molar-refractivity contribution in [3.05, 3.63) is 0 Å². The minimum atomic E-state index is -3.20. The maximum Gasteiger partial charge on any atom is 0.212 e. The second kappa shape index (κ2) is 7.04. The van der Waals surface area contributed by atoms with Crippen LogP contribution in [0, 0.1) is 11.8 Å². The molecule has 0 bridgehead atoms. The Morgan fingerprint density at radius 3 is 2.32 bits per heavy atom. The Labute approximate surface area is 118 Å². The van der Waals surface area contributed by atoms with E-state index in [2.05, 4.69) is 11.6 Å². The molecule has 0 aliphatic heterocycles. The highest BCUT2D eigenvalue weighted by Crippen LogP contribution is 2.33. The molecule has 0 unspecified atom stereocenters. The highest BCUT2D eigenvalue weighted by Gasteiger charge is 2.36. The molecule has 0 aromatic carbocycles. The Hall–Kier alpha value is -0.130. The van der Waals surface area contributed by atoms with E-state index in [-0.39, 0.29) is 11.3 Å². The van der Waals surface area contributed by atoms with Gasteiger partial charge in [-0.05, 0) is 43.9 Å². The summed E-state index contributed by atoms with van der Waals surface area (Å²) in [6, 6.07) is 0. The predicted octanol–water partition coefficient (Wildman–Crippen LogP) is 2.25. The van der Waals surface area contributed by atoms with Gasteiger partial charge in [-0.25, -0.2) is 13.1 Å². The number of hydrogen-bond donors (Lipinski definition) is 2. The summed E-state index contributed by atoms with van der Waals surface area (Å²) in [5, 5.41) is 0. The number of nitrogens with one attached hydrogen (secondary N) is 1. The van der Waals surface area contributed by atoms with Crippen molar-refractivity contribution < 1.29 is 8.42 Å². The van der Waals surface area contributed by atoms with Gasteiger partial charge in [-0.3, -0.25) is 0 Å². The molecule has 19 heavy (non-hydrogen) atoms. The van der Waals surface area contributed by atoms with E-state index in [1.807, 2.05) is 13.8 Å². The van der Waals surface area contributed by atoms with Crippen LogP contribution in [0.25, 0.3) is 0 Å². The zero-order chi connectivity index (χ0) is 14.5. The van der Waals surface area contributed by atoms with Crippen molar-refractivity contribution >= 4 is 10.0 Å². The Morgan fingerprint density at radius 1 is 1.32 bits per heavy atom. The number of nitrogens with two attached hydrogens (primary N) is 1. The molecule has 3 N–H and O–H groups in total. The van der Waals surface area contributed by atoms with Crippen molar-refractivity contribution in [2.45, 2.75) is 64.8 Å². The summed E-state index contributed by atoms with van der Waals surface area (Å²) in [5.41, 5.74) is 5.47. The smallest absolute Gasteiger partial charge is 0.212 e. The molecule has 0 heterocycles. The van der Waals surface area contributed by atoms with Gasteiger partial charge in [0.2, 0.25) is 10.0 Å². The Balaban J connectivity index is 2.61. The minimum Gasteiger partial charge on any atom is -0.329 e. The molecule has 0 atom stereocenters. The monoisotopic (exact) mass is 290 g/mol. The number of hydrogen-bond acceptors (Lipinski definition) is 3. The fourth-order valence-corrected chi connectivity index (χ4v) is 4.59. The van der Waals surface area contributed by atoms with Gasteiger partial charge in [0.1, 0.15) is 0 Å². The summed E-state index contributed by atoms with van der Waals surface area (Å²) < 4.78 is 27.2. The highest BCUT2D eigenvalue weighted by atomic mass is 32.2. The molecule has 1 saturated carbocycles. The van der Waals surface area contributed by atoms with E-state index in [1.54, 1.807) is 0 Å². The van der Waals surface area contributed by atoms with Gasteiger partial charge in [0.15, 0.2) is 0 Å². The maximum absolute atomic E-state index is 12.2. The highest BCUT2D eigenvalue weighted by molar-refractivity contribution is 7.89. The van der Waals surface area contributed by atoms with E-state index in [4.69, 9.17) is 5.73 Å². The average Bonchev–Trinajstić information content (AvgIpc) is 2.37. The molecule has 0 aromatic rings. The molecular weight excluding hydrogens is 260 g/mol. The molecule has 0 spiro atoms. The number of rotatable bonds is 7. The first kappa shape index (κ1) is 16.9. The zero-order valence-corrected chi connectivity index (χ0v) is 13.4. The van der Waals surface area contributed by atoms with E-state index in [0.29, 0.717) is 18.9 Å². The summed E-state index contributed by atoms with van der Waals surface area (Å²) in [5.74, 6) is 1.35. The lowest BCUT2D eigenvalue weighted by Gasteiger charge is -2.39. The van der Waals surface area contributed by atoms with Gasteiger partial charge in [0.25, 0.3) is 0 Å². The third-order valence-corrected chi connectivity index (χ3v) is 5.88. The summed E-state index contributed by atoms with van der Waals surface area (Å²) >= 11 is 0. The van der Waals surface area contributed by atoms with Gasteiger partial charge in [-0.1, -0.05) is 27.2 Å². The van der Waals surface area contributed by atoms with Crippen molar-refractivity contribution in [2.24, 2.45) is 17.6 Å². The fraction of sp³-hybridized carbons (Fsp3) is 1.00. The van der Waals surface area contributed by atoms with E-state index < -0.39 is 10.0 Å². The molecular formula is C14H30N2O2S. The third kappa shape index (κ3) is 5.40. The largest absolute Gasteiger partial charge is 0.329 e. The molecule has 0 amide bonds. The molecule has 1 aliphatic rings. The van der Waals surface area contributed by atoms with Gasteiger partial charge in [0, 0.05) is 12.1 Å². The third-order valence-electron chi connectivity index (χ3n) is 4.37. The summed E-state index contributed by atoms with van der Waals surface area (Å²) in [6.07, 6.45) is 5.81. The molecule has 1 fully saturated rings. The van der Waals surface area contributed by atoms with E-state index in [9.17, 15) is 8.42 Å². The van der Waals surface area contributed by atoms with Crippen molar-refractivity contribution in [3.8, 4) is 0 Å². The SMILES string of the molecule is CCC1CCC(CN)(NS(=O)(=O)CCC(C)C)CC1. The second-order valence-electron chi connectivity index (χ2n) is 6.44. The van der Waals surface area contributed by atoms with Crippen LogP contribution in [0.3, 0.4) is 0 Å².